The first-order valence-electron chi connectivity index (χ1n) is 9.74. The number of piperidine rings is 1. The molecule has 1 heterocycles. The van der Waals surface area contributed by atoms with Crippen molar-refractivity contribution in [1.29, 1.82) is 0 Å². The maximum atomic E-state index is 12.0. The molecule has 2 rings (SSSR count). The molecule has 0 aromatic rings. The number of allylic oxidation sites excluding steroid dienone is 1. The van der Waals surface area contributed by atoms with Crippen molar-refractivity contribution in [3.05, 3.63) is 11.6 Å². The Balaban J connectivity index is 1.59. The highest BCUT2D eigenvalue weighted by atomic mass is 16.6. The summed E-state index contributed by atoms with van der Waals surface area (Å²) in [5, 5.41) is 5.72. The van der Waals surface area contributed by atoms with Gasteiger partial charge in [-0.05, 0) is 51.9 Å². The first kappa shape index (κ1) is 20.3. The SMILES string of the molecule is CCOC(=O)N1CCC(NC(=O)CC(=O)NCCC2=CCCCC2)CC1. The average Bonchev–Trinajstić information content (AvgIpc) is 2.63. The second kappa shape index (κ2) is 10.8. The second-order valence-electron chi connectivity index (χ2n) is 6.91. The summed E-state index contributed by atoms with van der Waals surface area (Å²) in [4.78, 5) is 37.2. The number of hydrogen-bond acceptors (Lipinski definition) is 4. The van der Waals surface area contributed by atoms with Crippen molar-refractivity contribution in [1.82, 2.24) is 15.5 Å². The van der Waals surface area contributed by atoms with E-state index in [-0.39, 0.29) is 30.4 Å². The second-order valence-corrected chi connectivity index (χ2v) is 6.91. The Morgan fingerprint density at radius 1 is 1.19 bits per heavy atom. The first-order chi connectivity index (χ1) is 12.6. The summed E-state index contributed by atoms with van der Waals surface area (Å²) in [6, 6.07) is 0.00775. The number of nitrogens with zero attached hydrogens (tertiary/aromatic N) is 1. The first-order valence-corrected chi connectivity index (χ1v) is 9.74. The molecule has 146 valence electrons. The van der Waals surface area contributed by atoms with E-state index in [4.69, 9.17) is 4.74 Å². The fraction of sp³-hybridized carbons (Fsp3) is 0.737. The molecular weight excluding hydrogens is 334 g/mol. The summed E-state index contributed by atoms with van der Waals surface area (Å²) < 4.78 is 4.97. The molecule has 2 aliphatic rings. The van der Waals surface area contributed by atoms with Crippen LogP contribution in [-0.4, -0.2) is 55.1 Å². The lowest BCUT2D eigenvalue weighted by atomic mass is 9.97. The number of ether oxygens (including phenoxy) is 1. The maximum Gasteiger partial charge on any atom is 0.409 e. The van der Waals surface area contributed by atoms with Gasteiger partial charge in [0.2, 0.25) is 11.8 Å². The van der Waals surface area contributed by atoms with E-state index in [1.807, 2.05) is 0 Å². The van der Waals surface area contributed by atoms with E-state index in [1.165, 1.54) is 18.4 Å². The molecule has 0 bridgehead atoms. The van der Waals surface area contributed by atoms with Crippen LogP contribution in [0.3, 0.4) is 0 Å². The standard InChI is InChI=1S/C19H31N3O4/c1-2-26-19(25)22-12-9-16(10-13-22)21-18(24)14-17(23)20-11-8-15-6-4-3-5-7-15/h6,16H,2-5,7-14H2,1H3,(H,20,23)(H,21,24). The lowest BCUT2D eigenvalue weighted by molar-refractivity contribution is -0.129. The van der Waals surface area contributed by atoms with E-state index >= 15 is 0 Å². The number of likely N-dealkylation sites (tertiary alicyclic amines) is 1. The van der Waals surface area contributed by atoms with E-state index < -0.39 is 0 Å². The molecule has 0 saturated carbocycles. The quantitative estimate of drug-likeness (QED) is 0.534. The van der Waals surface area contributed by atoms with Gasteiger partial charge in [0.05, 0.1) is 6.61 Å². The van der Waals surface area contributed by atoms with Gasteiger partial charge in [0.1, 0.15) is 6.42 Å². The molecule has 0 spiro atoms. The smallest absolute Gasteiger partial charge is 0.409 e. The Morgan fingerprint density at radius 3 is 2.62 bits per heavy atom. The zero-order valence-corrected chi connectivity index (χ0v) is 15.7. The van der Waals surface area contributed by atoms with Crippen LogP contribution in [0.15, 0.2) is 11.6 Å². The number of carbonyl (C=O) groups is 3. The summed E-state index contributed by atoms with van der Waals surface area (Å²) >= 11 is 0. The van der Waals surface area contributed by atoms with E-state index in [0.717, 1.165) is 19.3 Å². The minimum Gasteiger partial charge on any atom is -0.450 e. The van der Waals surface area contributed by atoms with Crippen LogP contribution >= 0.6 is 0 Å². The molecule has 1 aliphatic carbocycles. The molecule has 0 atom stereocenters. The Hall–Kier alpha value is -2.05. The molecule has 3 amide bonds. The van der Waals surface area contributed by atoms with E-state index in [0.29, 0.717) is 39.1 Å². The van der Waals surface area contributed by atoms with Gasteiger partial charge in [-0.2, -0.15) is 0 Å². The molecule has 7 heteroatoms. The normalized spacial score (nSPS) is 18.0. The lowest BCUT2D eigenvalue weighted by Crippen LogP contribution is -2.47. The summed E-state index contributed by atoms with van der Waals surface area (Å²) in [6.07, 6.45) is 8.82. The highest BCUT2D eigenvalue weighted by Gasteiger charge is 2.24. The predicted octanol–water partition coefficient (Wildman–Crippen LogP) is 2.12. The van der Waals surface area contributed by atoms with Gasteiger partial charge in [0.15, 0.2) is 0 Å². The molecule has 0 aromatic carbocycles. The minimum absolute atomic E-state index is 0.00775. The van der Waals surface area contributed by atoms with Gasteiger partial charge in [-0.1, -0.05) is 11.6 Å². The van der Waals surface area contributed by atoms with Gasteiger partial charge in [-0.25, -0.2) is 4.79 Å². The van der Waals surface area contributed by atoms with Crippen molar-refractivity contribution in [3.8, 4) is 0 Å². The van der Waals surface area contributed by atoms with Crippen LogP contribution in [-0.2, 0) is 14.3 Å². The predicted molar refractivity (Wildman–Crippen MR) is 98.6 cm³/mol. The molecule has 7 nitrogen and oxygen atoms in total. The van der Waals surface area contributed by atoms with Crippen molar-refractivity contribution >= 4 is 17.9 Å². The zero-order chi connectivity index (χ0) is 18.8. The fourth-order valence-corrected chi connectivity index (χ4v) is 3.40. The van der Waals surface area contributed by atoms with Crippen LogP contribution < -0.4 is 10.6 Å². The highest BCUT2D eigenvalue weighted by Crippen LogP contribution is 2.19. The van der Waals surface area contributed by atoms with E-state index in [1.54, 1.807) is 11.8 Å². The third-order valence-corrected chi connectivity index (χ3v) is 4.86. The lowest BCUT2D eigenvalue weighted by Gasteiger charge is -2.31. The number of amides is 3. The molecule has 26 heavy (non-hydrogen) atoms. The van der Waals surface area contributed by atoms with Crippen molar-refractivity contribution in [2.75, 3.05) is 26.2 Å². The summed E-state index contributed by atoms with van der Waals surface area (Å²) in [5.74, 6) is -0.489. The third-order valence-electron chi connectivity index (χ3n) is 4.86. The minimum atomic E-state index is -0.301. The number of carbonyl (C=O) groups excluding carboxylic acids is 3. The number of hydrogen-bond donors (Lipinski definition) is 2. The van der Waals surface area contributed by atoms with Gasteiger partial charge in [0, 0.05) is 25.7 Å². The Kier molecular flexibility index (Phi) is 8.44. The van der Waals surface area contributed by atoms with Crippen LogP contribution in [0.2, 0.25) is 0 Å². The molecular formula is C19H31N3O4. The van der Waals surface area contributed by atoms with E-state index in [9.17, 15) is 14.4 Å². The highest BCUT2D eigenvalue weighted by molar-refractivity contribution is 5.96. The van der Waals surface area contributed by atoms with Crippen molar-refractivity contribution in [2.24, 2.45) is 0 Å². The van der Waals surface area contributed by atoms with Gasteiger partial charge in [0.25, 0.3) is 0 Å². The summed E-state index contributed by atoms with van der Waals surface area (Å²) in [5.41, 5.74) is 1.41. The van der Waals surface area contributed by atoms with Crippen molar-refractivity contribution in [3.63, 3.8) is 0 Å². The van der Waals surface area contributed by atoms with Crippen molar-refractivity contribution < 1.29 is 19.1 Å². The monoisotopic (exact) mass is 365 g/mol. The Bertz CT molecular complexity index is 525. The largest absolute Gasteiger partial charge is 0.450 e. The van der Waals surface area contributed by atoms with Gasteiger partial charge in [-0.3, -0.25) is 9.59 Å². The molecule has 0 radical (unpaired) electrons. The molecule has 1 saturated heterocycles. The van der Waals surface area contributed by atoms with Crippen LogP contribution in [0, 0.1) is 0 Å². The average molecular weight is 365 g/mol. The van der Waals surface area contributed by atoms with Crippen LogP contribution in [0.4, 0.5) is 4.79 Å². The maximum absolute atomic E-state index is 12.0. The van der Waals surface area contributed by atoms with Gasteiger partial charge < -0.3 is 20.3 Å². The van der Waals surface area contributed by atoms with E-state index in [2.05, 4.69) is 16.7 Å². The molecule has 1 aliphatic heterocycles. The van der Waals surface area contributed by atoms with Crippen LogP contribution in [0.5, 0.6) is 0 Å². The molecule has 2 N–H and O–H groups in total. The third kappa shape index (κ3) is 7.06. The summed E-state index contributed by atoms with van der Waals surface area (Å²) in [6.45, 7) is 3.86. The zero-order valence-electron chi connectivity index (χ0n) is 15.7. The van der Waals surface area contributed by atoms with Crippen LogP contribution in [0.25, 0.3) is 0 Å². The molecule has 0 aromatic heterocycles. The Labute approximate surface area is 155 Å². The molecule has 1 fully saturated rings. The van der Waals surface area contributed by atoms with Gasteiger partial charge in [-0.15, -0.1) is 0 Å². The number of nitrogens with one attached hydrogen (secondary N) is 2. The molecule has 0 unspecified atom stereocenters. The topological polar surface area (TPSA) is 87.7 Å². The number of rotatable bonds is 7. The fourth-order valence-electron chi connectivity index (χ4n) is 3.40. The van der Waals surface area contributed by atoms with Crippen molar-refractivity contribution in [2.45, 2.75) is 64.3 Å². The van der Waals surface area contributed by atoms with Gasteiger partial charge >= 0.3 is 6.09 Å². The van der Waals surface area contributed by atoms with Crippen LogP contribution in [0.1, 0.15) is 58.3 Å². The Morgan fingerprint density at radius 2 is 1.96 bits per heavy atom. The summed E-state index contributed by atoms with van der Waals surface area (Å²) in [7, 11) is 0.